The first-order valence-electron chi connectivity index (χ1n) is 12.1. The van der Waals surface area contributed by atoms with Gasteiger partial charge in [-0.15, -0.1) is 0 Å². The number of nitrogens with zero attached hydrogens (tertiary/aromatic N) is 1. The van der Waals surface area contributed by atoms with Gasteiger partial charge in [0.1, 0.15) is 0 Å². The first-order chi connectivity index (χ1) is 15.3. The molecule has 1 saturated carbocycles. The molecule has 4 heteroatoms. The highest BCUT2D eigenvalue weighted by atomic mass is 16.2. The molecule has 32 heavy (non-hydrogen) atoms. The van der Waals surface area contributed by atoms with E-state index in [1.54, 1.807) is 0 Å². The molecule has 4 rings (SSSR count). The molecule has 170 valence electrons. The summed E-state index contributed by atoms with van der Waals surface area (Å²) in [4.78, 5) is 26.8. The number of hydrogen-bond donors (Lipinski definition) is 1. The van der Waals surface area contributed by atoms with Crippen molar-refractivity contribution in [1.29, 1.82) is 0 Å². The van der Waals surface area contributed by atoms with E-state index >= 15 is 0 Å². The van der Waals surface area contributed by atoms with Gasteiger partial charge in [0.05, 0.1) is 5.92 Å². The fourth-order valence-corrected chi connectivity index (χ4v) is 5.16. The number of ketones is 1. The van der Waals surface area contributed by atoms with Gasteiger partial charge in [-0.25, -0.2) is 0 Å². The molecular formula is C28H36N2O2. The second-order valence-electron chi connectivity index (χ2n) is 10.1. The molecule has 1 fully saturated rings. The summed E-state index contributed by atoms with van der Waals surface area (Å²) in [7, 11) is 2.05. The van der Waals surface area contributed by atoms with Gasteiger partial charge in [0.2, 0.25) is 5.91 Å². The average Bonchev–Trinajstić information content (AvgIpc) is 3.09. The standard InChI is InChI=1S/C28H36N2O2/c1-18-5-10-21(11-6-18)27(31)16-24(28(32)29-22-12-7-19(2)8-13-22)25-17-30(4)26-15-20(3)9-14-23(25)26/h5-6,9-11,14,17,19-20,22,24H,7-8,12-13,15-16H2,1-4H3,(H,29,32). The smallest absolute Gasteiger partial charge is 0.228 e. The molecule has 2 unspecified atom stereocenters. The van der Waals surface area contributed by atoms with Crippen molar-refractivity contribution in [2.24, 2.45) is 18.9 Å². The normalized spacial score (nSPS) is 23.4. The molecule has 1 aromatic carbocycles. The van der Waals surface area contributed by atoms with Crippen LogP contribution in [0.1, 0.15) is 84.6 Å². The molecule has 1 amide bonds. The third-order valence-corrected chi connectivity index (χ3v) is 7.30. The van der Waals surface area contributed by atoms with Crippen molar-refractivity contribution >= 4 is 17.8 Å². The van der Waals surface area contributed by atoms with Crippen molar-refractivity contribution in [1.82, 2.24) is 9.88 Å². The molecule has 1 heterocycles. The Kier molecular flexibility index (Phi) is 6.68. The maximum atomic E-state index is 13.6. The lowest BCUT2D eigenvalue weighted by Gasteiger charge is -2.28. The summed E-state index contributed by atoms with van der Waals surface area (Å²) in [6.45, 7) is 6.51. The van der Waals surface area contributed by atoms with Crippen LogP contribution in [0.3, 0.4) is 0 Å². The minimum atomic E-state index is -0.476. The number of carbonyl (C=O) groups is 2. The van der Waals surface area contributed by atoms with E-state index in [4.69, 9.17) is 0 Å². The molecule has 2 aliphatic carbocycles. The molecule has 4 nitrogen and oxygen atoms in total. The van der Waals surface area contributed by atoms with Crippen LogP contribution in [0.25, 0.3) is 6.08 Å². The summed E-state index contributed by atoms with van der Waals surface area (Å²) in [5.41, 5.74) is 5.15. The van der Waals surface area contributed by atoms with E-state index in [-0.39, 0.29) is 24.2 Å². The first kappa shape index (κ1) is 22.6. The predicted octanol–water partition coefficient (Wildman–Crippen LogP) is 5.59. The number of aryl methyl sites for hydroxylation is 2. The zero-order valence-corrected chi connectivity index (χ0v) is 19.9. The van der Waals surface area contributed by atoms with Gasteiger partial charge in [-0.3, -0.25) is 9.59 Å². The van der Waals surface area contributed by atoms with Crippen LogP contribution < -0.4 is 5.32 Å². The number of allylic oxidation sites excluding steroid dienone is 1. The van der Waals surface area contributed by atoms with Crippen molar-refractivity contribution in [3.05, 3.63) is 64.5 Å². The van der Waals surface area contributed by atoms with Crippen molar-refractivity contribution in [3.63, 3.8) is 0 Å². The van der Waals surface area contributed by atoms with Gasteiger partial charge < -0.3 is 9.88 Å². The number of fused-ring (bicyclic) bond motifs is 1. The van der Waals surface area contributed by atoms with Gasteiger partial charge >= 0.3 is 0 Å². The number of hydrogen-bond acceptors (Lipinski definition) is 2. The van der Waals surface area contributed by atoms with E-state index in [9.17, 15) is 9.59 Å². The molecule has 0 saturated heterocycles. The van der Waals surface area contributed by atoms with E-state index in [0.29, 0.717) is 11.5 Å². The molecule has 0 bridgehead atoms. The number of aromatic nitrogens is 1. The zero-order valence-electron chi connectivity index (χ0n) is 19.9. The van der Waals surface area contributed by atoms with Crippen LogP contribution in [0.5, 0.6) is 0 Å². The molecule has 0 radical (unpaired) electrons. The van der Waals surface area contributed by atoms with E-state index in [0.717, 1.165) is 54.7 Å². The lowest BCUT2D eigenvalue weighted by atomic mass is 9.84. The van der Waals surface area contributed by atoms with Crippen molar-refractivity contribution in [2.45, 2.75) is 71.3 Å². The Morgan fingerprint density at radius 3 is 2.47 bits per heavy atom. The zero-order chi connectivity index (χ0) is 22.8. The van der Waals surface area contributed by atoms with Crippen molar-refractivity contribution in [2.75, 3.05) is 0 Å². The van der Waals surface area contributed by atoms with Crippen LogP contribution >= 0.6 is 0 Å². The highest BCUT2D eigenvalue weighted by molar-refractivity contribution is 6.00. The van der Waals surface area contributed by atoms with E-state index < -0.39 is 5.92 Å². The lowest BCUT2D eigenvalue weighted by molar-refractivity contribution is -0.123. The predicted molar refractivity (Wildman–Crippen MR) is 130 cm³/mol. The Balaban J connectivity index is 1.62. The molecule has 2 atom stereocenters. The SMILES string of the molecule is Cc1ccc(C(=O)CC(C(=O)NC2CCC(C)CC2)c2cn(C)c3c2C=CC(C)C3)cc1. The first-order valence-corrected chi connectivity index (χ1v) is 12.1. The topological polar surface area (TPSA) is 51.1 Å². The Bertz CT molecular complexity index is 1010. The maximum Gasteiger partial charge on any atom is 0.228 e. The fourth-order valence-electron chi connectivity index (χ4n) is 5.16. The number of nitrogens with one attached hydrogen (secondary N) is 1. The number of carbonyl (C=O) groups excluding carboxylic acids is 2. The second-order valence-corrected chi connectivity index (χ2v) is 10.1. The summed E-state index contributed by atoms with van der Waals surface area (Å²) in [6.07, 6.45) is 11.9. The monoisotopic (exact) mass is 432 g/mol. The van der Waals surface area contributed by atoms with Gasteiger partial charge in [0.15, 0.2) is 5.78 Å². The summed E-state index contributed by atoms with van der Waals surface area (Å²) in [5.74, 6) is 0.750. The summed E-state index contributed by atoms with van der Waals surface area (Å²) >= 11 is 0. The third-order valence-electron chi connectivity index (χ3n) is 7.30. The highest BCUT2D eigenvalue weighted by Gasteiger charge is 2.32. The summed E-state index contributed by atoms with van der Waals surface area (Å²) < 4.78 is 2.14. The molecule has 1 aromatic heterocycles. The molecule has 2 aromatic rings. The lowest BCUT2D eigenvalue weighted by Crippen LogP contribution is -2.40. The molecule has 0 spiro atoms. The van der Waals surface area contributed by atoms with Gasteiger partial charge in [0.25, 0.3) is 0 Å². The summed E-state index contributed by atoms with van der Waals surface area (Å²) in [5, 5.41) is 3.30. The summed E-state index contributed by atoms with van der Waals surface area (Å²) in [6, 6.07) is 7.87. The minimum Gasteiger partial charge on any atom is -0.354 e. The minimum absolute atomic E-state index is 0.00885. The molecule has 1 N–H and O–H groups in total. The molecular weight excluding hydrogens is 396 g/mol. The third kappa shape index (κ3) is 4.90. The number of rotatable bonds is 6. The Labute approximate surface area is 192 Å². The largest absolute Gasteiger partial charge is 0.354 e. The van der Waals surface area contributed by atoms with Crippen LogP contribution in [0.15, 0.2) is 36.5 Å². The Hall–Kier alpha value is -2.62. The fraction of sp³-hybridized carbons (Fsp3) is 0.500. The quantitative estimate of drug-likeness (QED) is 0.605. The van der Waals surface area contributed by atoms with Gasteiger partial charge in [-0.1, -0.05) is 55.8 Å². The van der Waals surface area contributed by atoms with Gasteiger partial charge in [-0.2, -0.15) is 0 Å². The van der Waals surface area contributed by atoms with Crippen LogP contribution in [0.2, 0.25) is 0 Å². The van der Waals surface area contributed by atoms with Crippen LogP contribution in [-0.4, -0.2) is 22.3 Å². The molecule has 2 aliphatic rings. The van der Waals surface area contributed by atoms with Crippen LogP contribution in [-0.2, 0) is 18.3 Å². The van der Waals surface area contributed by atoms with Crippen molar-refractivity contribution in [3.8, 4) is 0 Å². The van der Waals surface area contributed by atoms with Crippen LogP contribution in [0.4, 0.5) is 0 Å². The van der Waals surface area contributed by atoms with Crippen LogP contribution in [0, 0.1) is 18.8 Å². The average molecular weight is 433 g/mol. The highest BCUT2D eigenvalue weighted by Crippen LogP contribution is 2.34. The Morgan fingerprint density at radius 1 is 1.09 bits per heavy atom. The number of Topliss-reactive ketones (excluding diaryl/α,β-unsaturated/α-hetero) is 1. The van der Waals surface area contributed by atoms with E-state index in [2.05, 4.69) is 42.1 Å². The number of amides is 1. The van der Waals surface area contributed by atoms with E-state index in [1.807, 2.05) is 38.2 Å². The molecule has 0 aliphatic heterocycles. The van der Waals surface area contributed by atoms with Gasteiger partial charge in [-0.05, 0) is 62.0 Å². The number of benzene rings is 1. The maximum absolute atomic E-state index is 13.6. The Morgan fingerprint density at radius 2 is 1.78 bits per heavy atom. The van der Waals surface area contributed by atoms with E-state index in [1.165, 1.54) is 5.69 Å². The van der Waals surface area contributed by atoms with Crippen molar-refractivity contribution < 1.29 is 9.59 Å². The van der Waals surface area contributed by atoms with Gasteiger partial charge in [0, 0.05) is 37.0 Å². The second kappa shape index (κ2) is 9.48.